The van der Waals surface area contributed by atoms with Gasteiger partial charge in [-0.2, -0.15) is 0 Å². The molecule has 0 spiro atoms. The van der Waals surface area contributed by atoms with Gasteiger partial charge >= 0.3 is 0 Å². The summed E-state index contributed by atoms with van der Waals surface area (Å²) in [6.45, 7) is 5.47. The number of nitrogens with two attached hydrogens (primary N) is 1. The number of nitrogens with zero attached hydrogens (tertiary/aromatic N) is 5. The normalized spacial score (nSPS) is 17.4. The smallest absolute Gasteiger partial charge is 0.146 e. The predicted molar refractivity (Wildman–Crippen MR) is 80.3 cm³/mol. The van der Waals surface area contributed by atoms with Crippen molar-refractivity contribution in [1.29, 1.82) is 0 Å². The zero-order valence-corrected chi connectivity index (χ0v) is 12.3. The van der Waals surface area contributed by atoms with E-state index in [1.165, 1.54) is 4.88 Å². The van der Waals surface area contributed by atoms with Crippen molar-refractivity contribution < 1.29 is 0 Å². The van der Waals surface area contributed by atoms with Crippen LogP contribution in [0.4, 0.5) is 5.82 Å². The molecule has 1 fully saturated rings. The third-order valence-electron chi connectivity index (χ3n) is 3.43. The Morgan fingerprint density at radius 2 is 2.00 bits per heavy atom. The van der Waals surface area contributed by atoms with E-state index in [0.29, 0.717) is 5.82 Å². The lowest BCUT2D eigenvalue weighted by Gasteiger charge is -2.31. The van der Waals surface area contributed by atoms with Gasteiger partial charge < -0.3 is 10.6 Å². The Balaban J connectivity index is 1.66. The van der Waals surface area contributed by atoms with E-state index in [0.717, 1.165) is 43.4 Å². The Kier molecular flexibility index (Phi) is 3.90. The molecule has 2 N–H and O–H groups in total. The highest BCUT2D eigenvalue weighted by atomic mass is 32.1. The Morgan fingerprint density at radius 3 is 2.70 bits per heavy atom. The molecule has 2 aromatic rings. The summed E-state index contributed by atoms with van der Waals surface area (Å²) in [5.41, 5.74) is 6.33. The molecule has 0 amide bonds. The Morgan fingerprint density at radius 1 is 1.20 bits per heavy atom. The fraction of sp³-hybridized carbons (Fsp3) is 0.462. The third kappa shape index (κ3) is 3.12. The zero-order chi connectivity index (χ0) is 13.9. The molecule has 1 aliphatic heterocycles. The number of likely N-dealkylation sites (N-methyl/N-ethyl adjacent to an activating group) is 1. The molecule has 3 rings (SSSR count). The van der Waals surface area contributed by atoms with Crippen LogP contribution in [0.2, 0.25) is 0 Å². The number of hydrogen-bond donors (Lipinski definition) is 1. The lowest BCUT2D eigenvalue weighted by atomic mass is 10.3. The van der Waals surface area contributed by atoms with Crippen LogP contribution in [-0.2, 0) is 6.54 Å². The minimum Gasteiger partial charge on any atom is -0.382 e. The highest BCUT2D eigenvalue weighted by molar-refractivity contribution is 7.14. The van der Waals surface area contributed by atoms with Crippen molar-refractivity contribution in [2.24, 2.45) is 0 Å². The summed E-state index contributed by atoms with van der Waals surface area (Å²) in [6, 6.07) is 3.62. The number of rotatable bonds is 3. The van der Waals surface area contributed by atoms with Crippen molar-refractivity contribution in [2.75, 3.05) is 39.0 Å². The maximum atomic E-state index is 5.54. The van der Waals surface area contributed by atoms with Crippen LogP contribution in [0.3, 0.4) is 0 Å². The van der Waals surface area contributed by atoms with Crippen molar-refractivity contribution in [3.05, 3.63) is 23.2 Å². The average Bonchev–Trinajstić information content (AvgIpc) is 2.91. The van der Waals surface area contributed by atoms with Gasteiger partial charge in [0, 0.05) is 43.8 Å². The van der Waals surface area contributed by atoms with Crippen molar-refractivity contribution in [3.8, 4) is 10.7 Å². The molecule has 0 radical (unpaired) electrons. The first-order chi connectivity index (χ1) is 9.70. The molecule has 20 heavy (non-hydrogen) atoms. The van der Waals surface area contributed by atoms with Crippen molar-refractivity contribution >= 4 is 17.2 Å². The van der Waals surface area contributed by atoms with Crippen LogP contribution < -0.4 is 5.73 Å². The molecule has 0 bridgehead atoms. The van der Waals surface area contributed by atoms with Crippen LogP contribution in [0.25, 0.3) is 10.7 Å². The van der Waals surface area contributed by atoms with Gasteiger partial charge in [0.15, 0.2) is 0 Å². The number of nitrogen functional groups attached to an aromatic ring is 1. The molecule has 0 atom stereocenters. The highest BCUT2D eigenvalue weighted by Gasteiger charge is 2.15. The molecular formula is C13H18N6S. The van der Waals surface area contributed by atoms with Crippen LogP contribution in [0.1, 0.15) is 4.88 Å². The van der Waals surface area contributed by atoms with E-state index in [4.69, 9.17) is 5.73 Å². The van der Waals surface area contributed by atoms with Crippen molar-refractivity contribution in [1.82, 2.24) is 25.0 Å². The summed E-state index contributed by atoms with van der Waals surface area (Å²) < 4.78 is 0. The minimum atomic E-state index is 0.433. The Hall–Kier alpha value is -1.57. The van der Waals surface area contributed by atoms with Gasteiger partial charge in [-0.05, 0) is 19.2 Å². The molecule has 0 unspecified atom stereocenters. The van der Waals surface area contributed by atoms with Crippen LogP contribution in [0, 0.1) is 0 Å². The van der Waals surface area contributed by atoms with E-state index in [1.807, 2.05) is 12.3 Å². The first-order valence-electron chi connectivity index (χ1n) is 6.66. The van der Waals surface area contributed by atoms with Gasteiger partial charge in [0.2, 0.25) is 0 Å². The average molecular weight is 290 g/mol. The van der Waals surface area contributed by atoms with Gasteiger partial charge in [-0.1, -0.05) is 0 Å². The van der Waals surface area contributed by atoms with Crippen LogP contribution in [0.15, 0.2) is 18.3 Å². The van der Waals surface area contributed by atoms with Gasteiger partial charge in [-0.25, -0.2) is 4.98 Å². The molecule has 0 aliphatic carbocycles. The highest BCUT2D eigenvalue weighted by Crippen LogP contribution is 2.24. The number of hydrogen-bond acceptors (Lipinski definition) is 7. The summed E-state index contributed by atoms with van der Waals surface area (Å²) in [6.07, 6.45) is 1.94. The van der Waals surface area contributed by atoms with Gasteiger partial charge in [0.05, 0.1) is 0 Å². The second kappa shape index (κ2) is 5.82. The van der Waals surface area contributed by atoms with E-state index in [1.54, 1.807) is 17.4 Å². The third-order valence-corrected chi connectivity index (χ3v) is 4.44. The predicted octanol–water partition coefficient (Wildman–Crippen LogP) is 0.930. The Labute approximate surface area is 122 Å². The molecule has 0 aromatic carbocycles. The maximum Gasteiger partial charge on any atom is 0.146 e. The summed E-state index contributed by atoms with van der Waals surface area (Å²) in [4.78, 5) is 10.5. The lowest BCUT2D eigenvalue weighted by Crippen LogP contribution is -2.43. The standard InChI is InChI=1S/C13H18N6S/c1-18-4-6-19(7-5-18)9-10-8-15-13(20-10)11-2-3-12(14)17-16-11/h2-3,8H,4-7,9H2,1H3,(H2,14,17). The van der Waals surface area contributed by atoms with E-state index in [-0.39, 0.29) is 0 Å². The van der Waals surface area contributed by atoms with Gasteiger partial charge in [0.25, 0.3) is 0 Å². The first kappa shape index (κ1) is 13.4. The molecule has 106 valence electrons. The largest absolute Gasteiger partial charge is 0.382 e. The van der Waals surface area contributed by atoms with E-state index in [9.17, 15) is 0 Å². The summed E-state index contributed by atoms with van der Waals surface area (Å²) in [5.74, 6) is 0.433. The number of aromatic nitrogens is 3. The van der Waals surface area contributed by atoms with Crippen LogP contribution in [-0.4, -0.2) is 58.2 Å². The number of thiazole rings is 1. The molecular weight excluding hydrogens is 272 g/mol. The van der Waals surface area contributed by atoms with E-state index >= 15 is 0 Å². The molecule has 3 heterocycles. The topological polar surface area (TPSA) is 71.2 Å². The lowest BCUT2D eigenvalue weighted by molar-refractivity contribution is 0.149. The molecule has 6 nitrogen and oxygen atoms in total. The monoisotopic (exact) mass is 290 g/mol. The molecule has 0 saturated carbocycles. The fourth-order valence-electron chi connectivity index (χ4n) is 2.18. The minimum absolute atomic E-state index is 0.433. The molecule has 1 saturated heterocycles. The molecule has 1 aliphatic rings. The van der Waals surface area contributed by atoms with Crippen LogP contribution in [0.5, 0.6) is 0 Å². The Bertz CT molecular complexity index is 558. The quantitative estimate of drug-likeness (QED) is 0.907. The van der Waals surface area contributed by atoms with E-state index in [2.05, 4.69) is 32.0 Å². The second-order valence-electron chi connectivity index (χ2n) is 5.05. The van der Waals surface area contributed by atoms with E-state index < -0.39 is 0 Å². The van der Waals surface area contributed by atoms with Crippen molar-refractivity contribution in [2.45, 2.75) is 6.54 Å². The van der Waals surface area contributed by atoms with Crippen molar-refractivity contribution in [3.63, 3.8) is 0 Å². The summed E-state index contributed by atoms with van der Waals surface area (Å²) in [7, 11) is 2.17. The first-order valence-corrected chi connectivity index (χ1v) is 7.47. The number of anilines is 1. The summed E-state index contributed by atoms with van der Waals surface area (Å²) in [5, 5.41) is 8.84. The maximum absolute atomic E-state index is 5.54. The van der Waals surface area contributed by atoms with Gasteiger partial charge in [0.1, 0.15) is 16.5 Å². The zero-order valence-electron chi connectivity index (χ0n) is 11.5. The van der Waals surface area contributed by atoms with Gasteiger partial charge in [-0.15, -0.1) is 21.5 Å². The number of piperazine rings is 1. The summed E-state index contributed by atoms with van der Waals surface area (Å²) >= 11 is 1.68. The molecule has 2 aromatic heterocycles. The fourth-order valence-corrected chi connectivity index (χ4v) is 3.10. The van der Waals surface area contributed by atoms with Gasteiger partial charge in [-0.3, -0.25) is 4.90 Å². The SMILES string of the molecule is CN1CCN(Cc2cnc(-c3ccc(N)nn3)s2)CC1. The second-order valence-corrected chi connectivity index (χ2v) is 6.17. The molecule has 7 heteroatoms. The van der Waals surface area contributed by atoms with Crippen LogP contribution >= 0.6 is 11.3 Å².